The zero-order valence-electron chi connectivity index (χ0n) is 7.19. The molecule has 2 rings (SSSR count). The van der Waals surface area contributed by atoms with Crippen LogP contribution in [0, 0.1) is 0 Å². The van der Waals surface area contributed by atoms with Crippen LogP contribution in [0.15, 0.2) is 35.1 Å². The van der Waals surface area contributed by atoms with E-state index >= 15 is 0 Å². The summed E-state index contributed by atoms with van der Waals surface area (Å²) in [6, 6.07) is 9.57. The molecule has 1 heterocycles. The van der Waals surface area contributed by atoms with Crippen LogP contribution in [0.2, 0.25) is 0 Å². The van der Waals surface area contributed by atoms with Gasteiger partial charge in [0, 0.05) is 12.6 Å². The largest absolute Gasteiger partial charge is 0.343 e. The number of aromatic amines is 1. The standard InChI is InChI=1S/C9H9N3O/c1-12-8(10-11-9(12)13)7-5-3-2-4-6-7/h2-6H,1H3,(H,11,13). The fourth-order valence-corrected chi connectivity index (χ4v) is 1.19. The number of H-pyrrole nitrogens is 1. The van der Waals surface area contributed by atoms with Gasteiger partial charge in [-0.05, 0) is 0 Å². The molecule has 0 bridgehead atoms. The average molecular weight is 175 g/mol. The molecule has 2 aromatic rings. The summed E-state index contributed by atoms with van der Waals surface area (Å²) in [6.45, 7) is 0. The van der Waals surface area contributed by atoms with Gasteiger partial charge in [-0.1, -0.05) is 30.3 Å². The third kappa shape index (κ3) is 1.26. The molecule has 0 aliphatic heterocycles. The van der Waals surface area contributed by atoms with Crippen LogP contribution in [-0.4, -0.2) is 14.8 Å². The molecule has 0 aliphatic carbocycles. The van der Waals surface area contributed by atoms with E-state index in [9.17, 15) is 4.79 Å². The summed E-state index contributed by atoms with van der Waals surface area (Å²) in [5.41, 5.74) is 0.738. The first-order valence-electron chi connectivity index (χ1n) is 3.96. The molecule has 0 aliphatic rings. The van der Waals surface area contributed by atoms with Crippen molar-refractivity contribution in [2.24, 2.45) is 7.05 Å². The van der Waals surface area contributed by atoms with Crippen LogP contribution >= 0.6 is 0 Å². The van der Waals surface area contributed by atoms with Gasteiger partial charge in [-0.15, -0.1) is 0 Å². The van der Waals surface area contributed by atoms with Crippen molar-refractivity contribution in [3.63, 3.8) is 0 Å². The second kappa shape index (κ2) is 2.90. The lowest BCUT2D eigenvalue weighted by Crippen LogP contribution is -2.12. The molecule has 0 spiro atoms. The van der Waals surface area contributed by atoms with Crippen molar-refractivity contribution >= 4 is 0 Å². The minimum atomic E-state index is -0.196. The molecule has 0 amide bonds. The molecule has 1 aromatic carbocycles. The highest BCUT2D eigenvalue weighted by atomic mass is 16.1. The maximum Gasteiger partial charge on any atom is 0.343 e. The summed E-state index contributed by atoms with van der Waals surface area (Å²) in [5.74, 6) is 0.658. The van der Waals surface area contributed by atoms with Gasteiger partial charge < -0.3 is 0 Å². The smallest absolute Gasteiger partial charge is 0.278 e. The Balaban J connectivity index is 2.60. The van der Waals surface area contributed by atoms with Crippen LogP contribution in [0.4, 0.5) is 0 Å². The molecule has 1 aromatic heterocycles. The monoisotopic (exact) mass is 175 g/mol. The van der Waals surface area contributed by atoms with Crippen LogP contribution in [-0.2, 0) is 7.05 Å². The van der Waals surface area contributed by atoms with Crippen molar-refractivity contribution in [3.8, 4) is 11.4 Å². The highest BCUT2D eigenvalue weighted by Crippen LogP contribution is 2.12. The number of rotatable bonds is 1. The Morgan fingerprint density at radius 3 is 2.54 bits per heavy atom. The number of hydrogen-bond acceptors (Lipinski definition) is 2. The van der Waals surface area contributed by atoms with Gasteiger partial charge in [0.2, 0.25) is 0 Å². The fourth-order valence-electron chi connectivity index (χ4n) is 1.19. The Bertz CT molecular complexity index is 455. The summed E-state index contributed by atoms with van der Waals surface area (Å²) in [5, 5.41) is 6.30. The van der Waals surface area contributed by atoms with Gasteiger partial charge in [-0.2, -0.15) is 5.10 Å². The molecule has 13 heavy (non-hydrogen) atoms. The number of aromatic nitrogens is 3. The molecule has 66 valence electrons. The van der Waals surface area contributed by atoms with E-state index in [-0.39, 0.29) is 5.69 Å². The predicted molar refractivity (Wildman–Crippen MR) is 49.3 cm³/mol. The van der Waals surface area contributed by atoms with Crippen molar-refractivity contribution in [2.75, 3.05) is 0 Å². The molecule has 0 saturated carbocycles. The Labute approximate surface area is 74.8 Å². The van der Waals surface area contributed by atoms with Crippen LogP contribution in [0.25, 0.3) is 11.4 Å². The van der Waals surface area contributed by atoms with Gasteiger partial charge in [-0.25, -0.2) is 9.89 Å². The van der Waals surface area contributed by atoms with E-state index in [1.807, 2.05) is 30.3 Å². The molecule has 0 atom stereocenters. The van der Waals surface area contributed by atoms with E-state index < -0.39 is 0 Å². The third-order valence-electron chi connectivity index (χ3n) is 1.91. The zero-order chi connectivity index (χ0) is 9.26. The lowest BCUT2D eigenvalue weighted by atomic mass is 10.2. The molecule has 0 unspecified atom stereocenters. The van der Waals surface area contributed by atoms with E-state index in [1.165, 1.54) is 4.57 Å². The zero-order valence-corrected chi connectivity index (χ0v) is 7.19. The molecule has 4 heteroatoms. The fraction of sp³-hybridized carbons (Fsp3) is 0.111. The molecular weight excluding hydrogens is 166 g/mol. The van der Waals surface area contributed by atoms with Gasteiger partial charge in [0.25, 0.3) is 0 Å². The first-order chi connectivity index (χ1) is 6.29. The Hall–Kier alpha value is -1.84. The summed E-state index contributed by atoms with van der Waals surface area (Å²) < 4.78 is 1.48. The van der Waals surface area contributed by atoms with E-state index in [4.69, 9.17) is 0 Å². The van der Waals surface area contributed by atoms with Gasteiger partial charge in [-0.3, -0.25) is 4.57 Å². The minimum Gasteiger partial charge on any atom is -0.278 e. The summed E-state index contributed by atoms with van der Waals surface area (Å²) in [4.78, 5) is 11.1. The van der Waals surface area contributed by atoms with Crippen LogP contribution in [0.1, 0.15) is 0 Å². The topological polar surface area (TPSA) is 50.7 Å². The van der Waals surface area contributed by atoms with E-state index in [0.29, 0.717) is 5.82 Å². The van der Waals surface area contributed by atoms with Gasteiger partial charge >= 0.3 is 5.69 Å². The summed E-state index contributed by atoms with van der Waals surface area (Å²) in [7, 11) is 1.69. The Kier molecular flexibility index (Phi) is 1.73. The molecule has 0 fully saturated rings. The Morgan fingerprint density at radius 2 is 2.00 bits per heavy atom. The normalized spacial score (nSPS) is 10.2. The SMILES string of the molecule is Cn1c(-c2ccccc2)n[nH]c1=O. The first-order valence-corrected chi connectivity index (χ1v) is 3.96. The van der Waals surface area contributed by atoms with E-state index in [1.54, 1.807) is 7.05 Å². The maximum atomic E-state index is 11.1. The lowest BCUT2D eigenvalue weighted by Gasteiger charge is -1.97. The summed E-state index contributed by atoms with van der Waals surface area (Å²) in [6.07, 6.45) is 0. The van der Waals surface area contributed by atoms with E-state index in [0.717, 1.165) is 5.56 Å². The number of nitrogens with one attached hydrogen (secondary N) is 1. The van der Waals surface area contributed by atoms with Gasteiger partial charge in [0.05, 0.1) is 0 Å². The van der Waals surface area contributed by atoms with Crippen LogP contribution in [0.3, 0.4) is 0 Å². The van der Waals surface area contributed by atoms with Crippen molar-refractivity contribution in [3.05, 3.63) is 40.8 Å². The lowest BCUT2D eigenvalue weighted by molar-refractivity contribution is 0.869. The van der Waals surface area contributed by atoms with Gasteiger partial charge in [0.15, 0.2) is 5.82 Å². The van der Waals surface area contributed by atoms with Crippen LogP contribution in [0.5, 0.6) is 0 Å². The highest BCUT2D eigenvalue weighted by molar-refractivity contribution is 5.54. The predicted octanol–water partition coefficient (Wildman–Crippen LogP) is 0.775. The third-order valence-corrected chi connectivity index (χ3v) is 1.91. The second-order valence-electron chi connectivity index (χ2n) is 2.78. The van der Waals surface area contributed by atoms with Gasteiger partial charge in [0.1, 0.15) is 0 Å². The van der Waals surface area contributed by atoms with Crippen molar-refractivity contribution in [1.82, 2.24) is 14.8 Å². The Morgan fingerprint density at radius 1 is 1.31 bits per heavy atom. The highest BCUT2D eigenvalue weighted by Gasteiger charge is 2.04. The van der Waals surface area contributed by atoms with Crippen molar-refractivity contribution < 1.29 is 0 Å². The molecular formula is C9H9N3O. The first kappa shape index (κ1) is 7.79. The minimum absolute atomic E-state index is 0.196. The maximum absolute atomic E-state index is 11.1. The second-order valence-corrected chi connectivity index (χ2v) is 2.78. The van der Waals surface area contributed by atoms with Crippen molar-refractivity contribution in [1.29, 1.82) is 0 Å². The summed E-state index contributed by atoms with van der Waals surface area (Å²) >= 11 is 0. The number of nitrogens with zero attached hydrogens (tertiary/aromatic N) is 2. The molecule has 0 saturated heterocycles. The van der Waals surface area contributed by atoms with Crippen LogP contribution < -0.4 is 5.69 Å². The van der Waals surface area contributed by atoms with E-state index in [2.05, 4.69) is 10.2 Å². The molecule has 1 N–H and O–H groups in total. The number of hydrogen-bond donors (Lipinski definition) is 1. The average Bonchev–Trinajstić information content (AvgIpc) is 2.49. The quantitative estimate of drug-likeness (QED) is 0.696. The number of benzene rings is 1. The molecule has 0 radical (unpaired) electrons. The van der Waals surface area contributed by atoms with Crippen molar-refractivity contribution in [2.45, 2.75) is 0 Å². The molecule has 4 nitrogen and oxygen atoms in total.